The molecule has 152 valence electrons. The van der Waals surface area contributed by atoms with Crippen molar-refractivity contribution in [2.75, 3.05) is 11.1 Å². The van der Waals surface area contributed by atoms with Gasteiger partial charge in [-0.05, 0) is 54.6 Å². The number of halogens is 2. The average molecular weight is 461 g/mol. The van der Waals surface area contributed by atoms with E-state index in [0.29, 0.717) is 26.9 Å². The molecule has 0 unspecified atom stereocenters. The lowest BCUT2D eigenvalue weighted by Gasteiger charge is -2.07. The molecule has 6 nitrogen and oxygen atoms in total. The van der Waals surface area contributed by atoms with Gasteiger partial charge in [0.05, 0.1) is 20.7 Å². The minimum Gasteiger partial charge on any atom is -0.322 e. The number of hydrogen-bond acceptors (Lipinski definition) is 5. The second-order valence-electron chi connectivity index (χ2n) is 6.12. The van der Waals surface area contributed by atoms with Gasteiger partial charge in [-0.15, -0.1) is 11.8 Å². The van der Waals surface area contributed by atoms with E-state index < -0.39 is 4.92 Å². The predicted molar refractivity (Wildman–Crippen MR) is 119 cm³/mol. The van der Waals surface area contributed by atoms with Gasteiger partial charge in [0.2, 0.25) is 0 Å². The summed E-state index contributed by atoms with van der Waals surface area (Å²) in [7, 11) is 0. The molecule has 0 aliphatic rings. The number of nitrogens with one attached hydrogen (secondary N) is 1. The average Bonchev–Trinajstić information content (AvgIpc) is 2.75. The maximum absolute atomic E-state index is 12.3. The molecule has 0 fully saturated rings. The SMILES string of the molecule is O=C(CSc1ccc(NC(=O)c2ccc([N+](=O)[O-])cc2)cc1)c1ccc(Cl)c(Cl)c1. The van der Waals surface area contributed by atoms with Crippen molar-refractivity contribution in [3.8, 4) is 0 Å². The molecule has 0 heterocycles. The van der Waals surface area contributed by atoms with Crippen LogP contribution in [0.3, 0.4) is 0 Å². The Morgan fingerprint density at radius 3 is 2.13 bits per heavy atom. The summed E-state index contributed by atoms with van der Waals surface area (Å²) in [5.41, 5.74) is 1.29. The molecule has 30 heavy (non-hydrogen) atoms. The maximum Gasteiger partial charge on any atom is 0.269 e. The second-order valence-corrected chi connectivity index (χ2v) is 7.99. The lowest BCUT2D eigenvalue weighted by molar-refractivity contribution is -0.384. The van der Waals surface area contributed by atoms with Crippen molar-refractivity contribution in [3.05, 3.63) is 98.0 Å². The van der Waals surface area contributed by atoms with Crippen LogP contribution in [0.2, 0.25) is 10.0 Å². The summed E-state index contributed by atoms with van der Waals surface area (Å²) in [5.74, 6) is -0.221. The molecule has 0 spiro atoms. The number of benzene rings is 3. The van der Waals surface area contributed by atoms with Crippen molar-refractivity contribution in [3.63, 3.8) is 0 Å². The zero-order valence-electron chi connectivity index (χ0n) is 15.3. The minimum absolute atomic E-state index is 0.0749. The molecule has 3 aromatic carbocycles. The normalized spacial score (nSPS) is 10.5. The number of anilines is 1. The molecular formula is C21H14Cl2N2O4S. The number of rotatable bonds is 7. The number of nitro groups is 1. The third-order valence-electron chi connectivity index (χ3n) is 4.06. The van der Waals surface area contributed by atoms with Crippen LogP contribution in [0.4, 0.5) is 11.4 Å². The number of amides is 1. The maximum atomic E-state index is 12.3. The van der Waals surface area contributed by atoms with Crippen LogP contribution in [0.1, 0.15) is 20.7 Å². The molecule has 0 atom stereocenters. The summed E-state index contributed by atoms with van der Waals surface area (Å²) < 4.78 is 0. The minimum atomic E-state index is -0.523. The third kappa shape index (κ3) is 5.60. The van der Waals surface area contributed by atoms with Crippen LogP contribution in [-0.4, -0.2) is 22.4 Å². The van der Waals surface area contributed by atoms with E-state index in [2.05, 4.69) is 5.32 Å². The van der Waals surface area contributed by atoms with E-state index in [4.69, 9.17) is 23.2 Å². The van der Waals surface area contributed by atoms with Crippen molar-refractivity contribution >= 4 is 58.0 Å². The van der Waals surface area contributed by atoms with Crippen LogP contribution in [-0.2, 0) is 0 Å². The summed E-state index contributed by atoms with van der Waals surface area (Å²) in [6, 6.07) is 17.1. The van der Waals surface area contributed by atoms with E-state index in [-0.39, 0.29) is 23.1 Å². The first-order valence-corrected chi connectivity index (χ1v) is 10.3. The molecule has 0 bridgehead atoms. The predicted octanol–water partition coefficient (Wildman–Crippen LogP) is 6.13. The van der Waals surface area contributed by atoms with Gasteiger partial charge in [-0.2, -0.15) is 0 Å². The van der Waals surface area contributed by atoms with Crippen molar-refractivity contribution in [2.45, 2.75) is 4.90 Å². The highest BCUT2D eigenvalue weighted by atomic mass is 35.5. The number of ketones is 1. The smallest absolute Gasteiger partial charge is 0.269 e. The van der Waals surface area contributed by atoms with E-state index in [9.17, 15) is 19.7 Å². The Morgan fingerprint density at radius 2 is 1.53 bits per heavy atom. The molecule has 0 saturated carbocycles. The van der Waals surface area contributed by atoms with Crippen LogP contribution in [0.25, 0.3) is 0 Å². The van der Waals surface area contributed by atoms with E-state index in [1.54, 1.807) is 42.5 Å². The number of carbonyl (C=O) groups is 2. The number of Topliss-reactive ketones (excluding diaryl/α,β-unsaturated/α-hetero) is 1. The van der Waals surface area contributed by atoms with E-state index >= 15 is 0 Å². The van der Waals surface area contributed by atoms with Crippen molar-refractivity contribution in [2.24, 2.45) is 0 Å². The van der Waals surface area contributed by atoms with Gasteiger partial charge in [-0.25, -0.2) is 0 Å². The third-order valence-corrected chi connectivity index (χ3v) is 5.82. The summed E-state index contributed by atoms with van der Waals surface area (Å²) in [6.07, 6.45) is 0. The van der Waals surface area contributed by atoms with Crippen LogP contribution in [0.5, 0.6) is 0 Å². The first-order valence-electron chi connectivity index (χ1n) is 8.60. The first kappa shape index (κ1) is 21.8. The lowest BCUT2D eigenvalue weighted by atomic mass is 10.1. The second kappa shape index (κ2) is 9.75. The fourth-order valence-electron chi connectivity index (χ4n) is 2.47. The molecule has 3 aromatic rings. The van der Waals surface area contributed by atoms with Gasteiger partial charge in [-0.3, -0.25) is 19.7 Å². The fourth-order valence-corrected chi connectivity index (χ4v) is 3.57. The monoisotopic (exact) mass is 460 g/mol. The topological polar surface area (TPSA) is 89.3 Å². The zero-order valence-corrected chi connectivity index (χ0v) is 17.6. The van der Waals surface area contributed by atoms with Gasteiger partial charge in [0.15, 0.2) is 5.78 Å². The summed E-state index contributed by atoms with van der Waals surface area (Å²) in [6.45, 7) is 0. The van der Waals surface area contributed by atoms with Gasteiger partial charge in [-0.1, -0.05) is 23.2 Å². The Hall–Kier alpha value is -2.87. The molecule has 0 aromatic heterocycles. The molecule has 3 rings (SSSR count). The molecule has 0 aliphatic heterocycles. The quantitative estimate of drug-likeness (QED) is 0.198. The summed E-state index contributed by atoms with van der Waals surface area (Å²) >= 11 is 13.2. The Labute approximate surface area is 186 Å². The number of hydrogen-bond donors (Lipinski definition) is 1. The Kier molecular flexibility index (Phi) is 7.10. The van der Waals surface area contributed by atoms with Crippen molar-refractivity contribution < 1.29 is 14.5 Å². The van der Waals surface area contributed by atoms with Crippen molar-refractivity contribution in [1.82, 2.24) is 0 Å². The van der Waals surface area contributed by atoms with Gasteiger partial charge < -0.3 is 5.32 Å². The highest BCUT2D eigenvalue weighted by Crippen LogP contribution is 2.25. The highest BCUT2D eigenvalue weighted by Gasteiger charge is 2.11. The zero-order chi connectivity index (χ0) is 21.7. The van der Waals surface area contributed by atoms with E-state index in [1.165, 1.54) is 36.0 Å². The van der Waals surface area contributed by atoms with Crippen LogP contribution < -0.4 is 5.32 Å². The largest absolute Gasteiger partial charge is 0.322 e. The van der Waals surface area contributed by atoms with E-state index in [1.807, 2.05) is 0 Å². The van der Waals surface area contributed by atoms with Gasteiger partial charge in [0, 0.05) is 33.8 Å². The standard InChI is InChI=1S/C21H14Cl2N2O4S/c22-18-10-3-14(11-19(18)23)20(26)12-30-17-8-4-15(5-9-17)24-21(27)13-1-6-16(7-2-13)25(28)29/h1-11H,12H2,(H,24,27). The number of non-ortho nitro benzene ring substituents is 1. The Morgan fingerprint density at radius 1 is 0.900 bits per heavy atom. The van der Waals surface area contributed by atoms with Crippen LogP contribution >= 0.6 is 35.0 Å². The van der Waals surface area contributed by atoms with Gasteiger partial charge >= 0.3 is 0 Å². The van der Waals surface area contributed by atoms with Crippen LogP contribution in [0.15, 0.2) is 71.6 Å². The molecule has 0 radical (unpaired) electrons. The highest BCUT2D eigenvalue weighted by molar-refractivity contribution is 8.00. The van der Waals surface area contributed by atoms with Gasteiger partial charge in [0.25, 0.3) is 11.6 Å². The molecule has 1 amide bonds. The van der Waals surface area contributed by atoms with Crippen LogP contribution in [0, 0.1) is 10.1 Å². The molecule has 0 aliphatic carbocycles. The molecular weight excluding hydrogens is 447 g/mol. The van der Waals surface area contributed by atoms with E-state index in [0.717, 1.165) is 4.90 Å². The molecule has 9 heteroatoms. The first-order chi connectivity index (χ1) is 14.3. The summed E-state index contributed by atoms with van der Waals surface area (Å²) in [4.78, 5) is 35.6. The summed E-state index contributed by atoms with van der Waals surface area (Å²) in [5, 5.41) is 14.1. The van der Waals surface area contributed by atoms with Crippen molar-refractivity contribution in [1.29, 1.82) is 0 Å². The Balaban J connectivity index is 1.56. The number of thioether (sulfide) groups is 1. The van der Waals surface area contributed by atoms with Gasteiger partial charge in [0.1, 0.15) is 0 Å². The molecule has 1 N–H and O–H groups in total. The number of carbonyl (C=O) groups excluding carboxylic acids is 2. The molecule has 0 saturated heterocycles. The number of nitro benzene ring substituents is 1. The fraction of sp³-hybridized carbons (Fsp3) is 0.0476. The lowest BCUT2D eigenvalue weighted by Crippen LogP contribution is -2.11. The Bertz CT molecular complexity index is 1100. The number of nitrogens with zero attached hydrogens (tertiary/aromatic N) is 1.